The highest BCUT2D eigenvalue weighted by Crippen LogP contribution is 2.13. The maximum absolute atomic E-state index is 11.5. The molecule has 0 atom stereocenters. The molecule has 0 saturated carbocycles. The van der Waals surface area contributed by atoms with Gasteiger partial charge in [0.1, 0.15) is 0 Å². The molecule has 0 saturated heterocycles. The molecular formula is C10H22ClNO2S. The van der Waals surface area contributed by atoms with Crippen LogP contribution in [-0.4, -0.2) is 49.8 Å². The molecule has 0 bridgehead atoms. The Hall–Kier alpha value is 0.200. The summed E-state index contributed by atoms with van der Waals surface area (Å²) in [4.78, 5) is 1.99. The van der Waals surface area contributed by atoms with Gasteiger partial charge < -0.3 is 0 Å². The lowest BCUT2D eigenvalue weighted by atomic mass is 10.1. The van der Waals surface area contributed by atoms with Crippen molar-refractivity contribution in [1.82, 2.24) is 4.90 Å². The van der Waals surface area contributed by atoms with Crippen molar-refractivity contribution in [3.8, 4) is 0 Å². The molecule has 0 amide bonds. The van der Waals surface area contributed by atoms with E-state index in [2.05, 4.69) is 0 Å². The Morgan fingerprint density at radius 3 is 2.20 bits per heavy atom. The smallest absolute Gasteiger partial charge is 0.151 e. The molecule has 0 rings (SSSR count). The third-order valence-electron chi connectivity index (χ3n) is 2.61. The second kappa shape index (κ2) is 6.06. The normalized spacial score (nSPS) is 13.5. The number of alkyl halides is 1. The maximum Gasteiger partial charge on any atom is 0.151 e. The van der Waals surface area contributed by atoms with Crippen molar-refractivity contribution in [3.05, 3.63) is 0 Å². The van der Waals surface area contributed by atoms with Crippen molar-refractivity contribution in [2.45, 2.75) is 32.7 Å². The molecule has 0 aromatic heterocycles. The van der Waals surface area contributed by atoms with Crippen LogP contribution in [-0.2, 0) is 9.84 Å². The van der Waals surface area contributed by atoms with Crippen LogP contribution >= 0.6 is 11.6 Å². The van der Waals surface area contributed by atoms with Crippen LogP contribution < -0.4 is 0 Å². The molecule has 0 spiro atoms. The van der Waals surface area contributed by atoms with Crippen LogP contribution in [0.25, 0.3) is 0 Å². The predicted octanol–water partition coefficient (Wildman–Crippen LogP) is 1.76. The summed E-state index contributed by atoms with van der Waals surface area (Å²) in [6, 6.07) is 0. The highest BCUT2D eigenvalue weighted by Gasteiger charge is 2.23. The number of sulfone groups is 1. The van der Waals surface area contributed by atoms with Crippen LogP contribution in [0.4, 0.5) is 0 Å². The maximum atomic E-state index is 11.5. The zero-order valence-corrected chi connectivity index (χ0v) is 11.7. The van der Waals surface area contributed by atoms with Crippen LogP contribution in [0.2, 0.25) is 0 Å². The van der Waals surface area contributed by atoms with Crippen LogP contribution in [0.15, 0.2) is 0 Å². The van der Waals surface area contributed by atoms with Gasteiger partial charge >= 0.3 is 0 Å². The summed E-state index contributed by atoms with van der Waals surface area (Å²) < 4.78 is 23.0. The van der Waals surface area contributed by atoms with E-state index in [0.717, 1.165) is 0 Å². The van der Waals surface area contributed by atoms with Gasteiger partial charge in [0, 0.05) is 23.7 Å². The largest absolute Gasteiger partial charge is 0.299 e. The molecule has 92 valence electrons. The standard InChI is InChI=1S/C10H22ClNO2S/c1-5-7-15(13,14)8-6-12(4)10(2,3)9-11/h5-9H2,1-4H3. The Bertz CT molecular complexity index is 275. The van der Waals surface area contributed by atoms with Crippen molar-refractivity contribution < 1.29 is 8.42 Å². The molecule has 5 heteroatoms. The number of rotatable bonds is 7. The van der Waals surface area contributed by atoms with Gasteiger partial charge in [-0.05, 0) is 27.3 Å². The summed E-state index contributed by atoms with van der Waals surface area (Å²) in [7, 11) is -0.973. The lowest BCUT2D eigenvalue weighted by molar-refractivity contribution is 0.190. The second-order valence-corrected chi connectivity index (χ2v) is 7.09. The molecule has 0 fully saturated rings. The van der Waals surface area contributed by atoms with E-state index in [1.807, 2.05) is 32.7 Å². The first-order valence-electron chi connectivity index (χ1n) is 5.23. The topological polar surface area (TPSA) is 37.4 Å². The van der Waals surface area contributed by atoms with Gasteiger partial charge in [-0.15, -0.1) is 11.6 Å². The van der Waals surface area contributed by atoms with E-state index in [4.69, 9.17) is 11.6 Å². The third-order valence-corrected chi connectivity index (χ3v) is 5.10. The first kappa shape index (κ1) is 15.2. The molecule has 0 aliphatic rings. The van der Waals surface area contributed by atoms with Gasteiger partial charge in [-0.1, -0.05) is 6.92 Å². The second-order valence-electron chi connectivity index (χ2n) is 4.52. The van der Waals surface area contributed by atoms with Gasteiger partial charge in [0.2, 0.25) is 0 Å². The SMILES string of the molecule is CCCS(=O)(=O)CCN(C)C(C)(C)CCl. The van der Waals surface area contributed by atoms with Gasteiger partial charge in [0.15, 0.2) is 9.84 Å². The van der Waals surface area contributed by atoms with E-state index in [9.17, 15) is 8.42 Å². The van der Waals surface area contributed by atoms with Gasteiger partial charge in [-0.25, -0.2) is 8.42 Å². The minimum Gasteiger partial charge on any atom is -0.299 e. The lowest BCUT2D eigenvalue weighted by Crippen LogP contribution is -2.45. The van der Waals surface area contributed by atoms with Gasteiger partial charge in [-0.3, -0.25) is 4.90 Å². The van der Waals surface area contributed by atoms with Crippen molar-refractivity contribution in [1.29, 1.82) is 0 Å². The van der Waals surface area contributed by atoms with E-state index < -0.39 is 9.84 Å². The van der Waals surface area contributed by atoms with Gasteiger partial charge in [0.25, 0.3) is 0 Å². The van der Waals surface area contributed by atoms with Gasteiger partial charge in [0.05, 0.1) is 5.75 Å². The fourth-order valence-electron chi connectivity index (χ4n) is 1.09. The first-order chi connectivity index (χ1) is 6.75. The summed E-state index contributed by atoms with van der Waals surface area (Å²) in [5.74, 6) is 0.997. The Kier molecular flexibility index (Phi) is 6.14. The highest BCUT2D eigenvalue weighted by molar-refractivity contribution is 7.91. The molecule has 15 heavy (non-hydrogen) atoms. The zero-order chi connectivity index (χ0) is 12.1. The Morgan fingerprint density at radius 1 is 1.27 bits per heavy atom. The summed E-state index contributed by atoms with van der Waals surface area (Å²) >= 11 is 5.81. The van der Waals surface area contributed by atoms with E-state index in [0.29, 0.717) is 18.8 Å². The predicted molar refractivity (Wildman–Crippen MR) is 66.4 cm³/mol. The van der Waals surface area contributed by atoms with Crippen LogP contribution in [0, 0.1) is 0 Å². The van der Waals surface area contributed by atoms with Crippen LogP contribution in [0.5, 0.6) is 0 Å². The number of halogens is 1. The van der Waals surface area contributed by atoms with E-state index in [1.54, 1.807) is 0 Å². The molecule has 0 aromatic rings. The fraction of sp³-hybridized carbons (Fsp3) is 1.00. The quantitative estimate of drug-likeness (QED) is 0.651. The zero-order valence-electron chi connectivity index (χ0n) is 10.1. The number of hydrogen-bond donors (Lipinski definition) is 0. The average molecular weight is 256 g/mol. The fourth-order valence-corrected chi connectivity index (χ4v) is 2.68. The Balaban J connectivity index is 4.17. The van der Waals surface area contributed by atoms with Crippen LogP contribution in [0.1, 0.15) is 27.2 Å². The highest BCUT2D eigenvalue weighted by atomic mass is 35.5. The Morgan fingerprint density at radius 2 is 1.80 bits per heavy atom. The van der Waals surface area contributed by atoms with E-state index in [-0.39, 0.29) is 17.0 Å². The molecule has 0 aliphatic heterocycles. The Labute approximate surface area is 98.7 Å². The van der Waals surface area contributed by atoms with E-state index >= 15 is 0 Å². The lowest BCUT2D eigenvalue weighted by Gasteiger charge is -2.33. The van der Waals surface area contributed by atoms with Gasteiger partial charge in [-0.2, -0.15) is 0 Å². The molecule has 0 aliphatic carbocycles. The average Bonchev–Trinajstić information content (AvgIpc) is 2.14. The summed E-state index contributed by atoms with van der Waals surface area (Å²) in [5.41, 5.74) is -0.150. The van der Waals surface area contributed by atoms with Crippen molar-refractivity contribution >= 4 is 21.4 Å². The van der Waals surface area contributed by atoms with Crippen molar-refractivity contribution in [3.63, 3.8) is 0 Å². The van der Waals surface area contributed by atoms with E-state index in [1.165, 1.54) is 0 Å². The monoisotopic (exact) mass is 255 g/mol. The summed E-state index contributed by atoms with van der Waals surface area (Å²) in [5, 5.41) is 0. The molecular weight excluding hydrogens is 234 g/mol. The van der Waals surface area contributed by atoms with Crippen molar-refractivity contribution in [2.24, 2.45) is 0 Å². The molecule has 0 unspecified atom stereocenters. The molecule has 0 radical (unpaired) electrons. The molecule has 0 aromatic carbocycles. The summed E-state index contributed by atoms with van der Waals surface area (Å²) in [6.45, 7) is 6.44. The molecule has 0 heterocycles. The molecule has 0 N–H and O–H groups in total. The first-order valence-corrected chi connectivity index (χ1v) is 7.58. The number of nitrogens with zero attached hydrogens (tertiary/aromatic N) is 1. The summed E-state index contributed by atoms with van der Waals surface area (Å²) in [6.07, 6.45) is 0.685. The third kappa shape index (κ3) is 5.73. The minimum absolute atomic E-state index is 0.150. The van der Waals surface area contributed by atoms with Crippen LogP contribution in [0.3, 0.4) is 0 Å². The molecule has 3 nitrogen and oxygen atoms in total. The minimum atomic E-state index is -2.88. The number of hydrogen-bond acceptors (Lipinski definition) is 3. The van der Waals surface area contributed by atoms with Crippen molar-refractivity contribution in [2.75, 3.05) is 31.0 Å².